The van der Waals surface area contributed by atoms with Crippen LogP contribution in [0.25, 0.3) is 22.3 Å². The highest BCUT2D eigenvalue weighted by atomic mass is 32.1. The maximum Gasteiger partial charge on any atom is 0.416 e. The molecule has 1 aromatic carbocycles. The fraction of sp³-hybridized carbons (Fsp3) is 0.0714. The van der Waals surface area contributed by atoms with Crippen molar-refractivity contribution in [3.05, 3.63) is 52.8 Å². The molecule has 0 radical (unpaired) electrons. The van der Waals surface area contributed by atoms with E-state index in [1.807, 2.05) is 0 Å². The quantitative estimate of drug-likeness (QED) is 0.627. The first kappa shape index (κ1) is 12.9. The van der Waals surface area contributed by atoms with Gasteiger partial charge in [0.1, 0.15) is 16.0 Å². The van der Waals surface area contributed by atoms with Crippen LogP contribution in [0.15, 0.2) is 47.0 Å². The molecule has 3 rings (SSSR count). The first-order valence-corrected chi connectivity index (χ1v) is 6.15. The van der Waals surface area contributed by atoms with E-state index in [0.29, 0.717) is 26.9 Å². The van der Waals surface area contributed by atoms with Crippen LogP contribution in [0.1, 0.15) is 5.56 Å². The molecule has 0 spiro atoms. The van der Waals surface area contributed by atoms with Gasteiger partial charge in [-0.05, 0) is 24.3 Å². The Morgan fingerprint density at radius 2 is 1.90 bits per heavy atom. The maximum absolute atomic E-state index is 12.7. The fourth-order valence-electron chi connectivity index (χ4n) is 1.97. The van der Waals surface area contributed by atoms with Gasteiger partial charge in [-0.15, -0.1) is 0 Å². The summed E-state index contributed by atoms with van der Waals surface area (Å²) in [6, 6.07) is 8.33. The largest absolute Gasteiger partial charge is 0.456 e. The van der Waals surface area contributed by atoms with Crippen LogP contribution in [0.2, 0.25) is 0 Å². The highest BCUT2D eigenvalue weighted by molar-refractivity contribution is 7.71. The van der Waals surface area contributed by atoms with Crippen molar-refractivity contribution in [2.24, 2.45) is 0 Å². The lowest BCUT2D eigenvalue weighted by Gasteiger charge is -2.07. The Kier molecular flexibility index (Phi) is 2.90. The molecule has 0 unspecified atom stereocenters. The molecular formula is C14H8F3NOS. The van der Waals surface area contributed by atoms with Crippen molar-refractivity contribution >= 4 is 23.2 Å². The Labute approximate surface area is 116 Å². The fourth-order valence-corrected chi connectivity index (χ4v) is 2.20. The molecule has 0 aliphatic rings. The van der Waals surface area contributed by atoms with Crippen molar-refractivity contribution in [3.63, 3.8) is 0 Å². The second kappa shape index (κ2) is 4.49. The van der Waals surface area contributed by atoms with Crippen LogP contribution in [-0.4, -0.2) is 4.98 Å². The van der Waals surface area contributed by atoms with Crippen LogP contribution in [0.3, 0.4) is 0 Å². The zero-order chi connectivity index (χ0) is 14.3. The smallest absolute Gasteiger partial charge is 0.416 e. The molecule has 2 heterocycles. The summed E-state index contributed by atoms with van der Waals surface area (Å²) in [6.45, 7) is 0. The predicted octanol–water partition coefficient (Wildman–Crippen LogP) is 5.18. The molecule has 0 bridgehead atoms. The molecular weight excluding hydrogens is 287 g/mol. The highest BCUT2D eigenvalue weighted by Crippen LogP contribution is 2.34. The minimum absolute atomic E-state index is 0.358. The standard InChI is InChI=1S/C14H8F3NOS/c15-14(16,17)9-3-1-2-8(6-9)12-7-10-11(19-12)4-5-18-13(10)20/h1-7H,(H,18,20). The third-order valence-corrected chi connectivity index (χ3v) is 3.27. The van der Waals surface area contributed by atoms with E-state index in [0.717, 1.165) is 12.1 Å². The van der Waals surface area contributed by atoms with E-state index >= 15 is 0 Å². The number of H-pyrrole nitrogens is 1. The number of aromatic nitrogens is 1. The normalized spacial score (nSPS) is 11.9. The monoisotopic (exact) mass is 295 g/mol. The van der Waals surface area contributed by atoms with E-state index in [9.17, 15) is 13.2 Å². The van der Waals surface area contributed by atoms with Gasteiger partial charge >= 0.3 is 6.18 Å². The second-order valence-corrected chi connectivity index (χ2v) is 4.68. The van der Waals surface area contributed by atoms with E-state index in [2.05, 4.69) is 4.98 Å². The Balaban J connectivity index is 2.16. The molecule has 0 saturated heterocycles. The number of hydrogen-bond donors (Lipinski definition) is 1. The summed E-state index contributed by atoms with van der Waals surface area (Å²) in [7, 11) is 0. The predicted molar refractivity (Wildman–Crippen MR) is 71.8 cm³/mol. The van der Waals surface area contributed by atoms with E-state index in [1.54, 1.807) is 24.4 Å². The van der Waals surface area contributed by atoms with Gasteiger partial charge in [0.25, 0.3) is 0 Å². The van der Waals surface area contributed by atoms with Crippen LogP contribution in [0, 0.1) is 4.64 Å². The summed E-state index contributed by atoms with van der Waals surface area (Å²) in [6.07, 6.45) is -2.75. The lowest BCUT2D eigenvalue weighted by Crippen LogP contribution is -2.04. The Morgan fingerprint density at radius 1 is 1.10 bits per heavy atom. The van der Waals surface area contributed by atoms with Gasteiger partial charge in [-0.25, -0.2) is 0 Å². The number of nitrogens with one attached hydrogen (secondary N) is 1. The van der Waals surface area contributed by atoms with Gasteiger partial charge in [-0.2, -0.15) is 13.2 Å². The molecule has 0 amide bonds. The number of hydrogen-bond acceptors (Lipinski definition) is 2. The van der Waals surface area contributed by atoms with Crippen molar-refractivity contribution in [3.8, 4) is 11.3 Å². The molecule has 102 valence electrons. The number of alkyl halides is 3. The van der Waals surface area contributed by atoms with Gasteiger partial charge in [-0.1, -0.05) is 24.4 Å². The molecule has 20 heavy (non-hydrogen) atoms. The molecule has 0 atom stereocenters. The van der Waals surface area contributed by atoms with Gasteiger partial charge < -0.3 is 9.40 Å². The van der Waals surface area contributed by atoms with E-state index < -0.39 is 11.7 Å². The molecule has 0 saturated carbocycles. The zero-order valence-corrected chi connectivity index (χ0v) is 10.8. The summed E-state index contributed by atoms with van der Waals surface area (Å²) in [5, 5.41) is 0.676. The van der Waals surface area contributed by atoms with Gasteiger partial charge in [0, 0.05) is 11.8 Å². The minimum atomic E-state index is -4.38. The summed E-state index contributed by atoms with van der Waals surface area (Å²) < 4.78 is 44.1. The number of pyridine rings is 1. The summed E-state index contributed by atoms with van der Waals surface area (Å²) in [4.78, 5) is 2.85. The van der Waals surface area contributed by atoms with Crippen LogP contribution in [0.5, 0.6) is 0 Å². The van der Waals surface area contributed by atoms with Crippen molar-refractivity contribution in [1.29, 1.82) is 0 Å². The van der Waals surface area contributed by atoms with Crippen molar-refractivity contribution < 1.29 is 17.6 Å². The van der Waals surface area contributed by atoms with Crippen molar-refractivity contribution in [2.75, 3.05) is 0 Å². The number of rotatable bonds is 1. The maximum atomic E-state index is 12.7. The molecule has 3 aromatic rings. The third-order valence-electron chi connectivity index (χ3n) is 2.93. The highest BCUT2D eigenvalue weighted by Gasteiger charge is 2.30. The summed E-state index contributed by atoms with van der Waals surface area (Å²) in [5.41, 5.74) is 0.201. The molecule has 1 N–H and O–H groups in total. The van der Waals surface area contributed by atoms with Crippen LogP contribution < -0.4 is 0 Å². The number of furan rings is 1. The number of fused-ring (bicyclic) bond motifs is 1. The molecule has 0 aliphatic carbocycles. The summed E-state index contributed by atoms with van der Waals surface area (Å²) >= 11 is 5.11. The average molecular weight is 295 g/mol. The van der Waals surface area contributed by atoms with Crippen molar-refractivity contribution in [2.45, 2.75) is 6.18 Å². The minimum Gasteiger partial charge on any atom is -0.456 e. The summed E-state index contributed by atoms with van der Waals surface area (Å²) in [5.74, 6) is 0.358. The zero-order valence-electron chi connectivity index (χ0n) is 9.99. The van der Waals surface area contributed by atoms with Gasteiger partial charge in [0.15, 0.2) is 0 Å². The van der Waals surface area contributed by atoms with E-state index in [1.165, 1.54) is 6.07 Å². The molecule has 6 heteroatoms. The van der Waals surface area contributed by atoms with Crippen molar-refractivity contribution in [1.82, 2.24) is 4.98 Å². The van der Waals surface area contributed by atoms with Gasteiger partial charge in [0.2, 0.25) is 0 Å². The van der Waals surface area contributed by atoms with E-state index in [-0.39, 0.29) is 0 Å². The number of aromatic amines is 1. The van der Waals surface area contributed by atoms with Gasteiger partial charge in [-0.3, -0.25) is 0 Å². The van der Waals surface area contributed by atoms with E-state index in [4.69, 9.17) is 16.6 Å². The SMILES string of the molecule is FC(F)(F)c1cccc(-c2cc3c(=S)[nH]ccc3o2)c1. The van der Waals surface area contributed by atoms with Crippen LogP contribution in [-0.2, 0) is 6.18 Å². The van der Waals surface area contributed by atoms with Crippen LogP contribution >= 0.6 is 12.2 Å². The lowest BCUT2D eigenvalue weighted by atomic mass is 10.1. The Hall–Kier alpha value is -2.08. The van der Waals surface area contributed by atoms with Crippen LogP contribution in [0.4, 0.5) is 13.2 Å². The Bertz CT molecular complexity index is 832. The number of halogens is 3. The average Bonchev–Trinajstić information content (AvgIpc) is 2.83. The van der Waals surface area contributed by atoms with Gasteiger partial charge in [0.05, 0.1) is 10.9 Å². The first-order chi connectivity index (χ1) is 9.45. The number of benzene rings is 1. The lowest BCUT2D eigenvalue weighted by molar-refractivity contribution is -0.137. The molecule has 0 aliphatic heterocycles. The second-order valence-electron chi connectivity index (χ2n) is 4.27. The third kappa shape index (κ3) is 2.22. The molecule has 2 aromatic heterocycles. The topological polar surface area (TPSA) is 28.9 Å². The molecule has 2 nitrogen and oxygen atoms in total. The Morgan fingerprint density at radius 3 is 2.60 bits per heavy atom. The first-order valence-electron chi connectivity index (χ1n) is 5.74. The molecule has 0 fully saturated rings.